The van der Waals surface area contributed by atoms with Gasteiger partial charge in [-0.25, -0.2) is 8.42 Å². The number of aromatic nitrogens is 2. The van der Waals surface area contributed by atoms with Crippen molar-refractivity contribution in [1.29, 1.82) is 0 Å². The van der Waals surface area contributed by atoms with Crippen molar-refractivity contribution in [1.82, 2.24) is 10.2 Å². The van der Waals surface area contributed by atoms with Crippen LogP contribution in [0.4, 0.5) is 10.8 Å². The molecule has 1 N–H and O–H groups in total. The molecule has 0 aliphatic rings. The van der Waals surface area contributed by atoms with Gasteiger partial charge >= 0.3 is 0 Å². The average molecular weight is 387 g/mol. The molecule has 0 atom stereocenters. The normalized spacial score (nSPS) is 11.3. The number of amides is 1. The van der Waals surface area contributed by atoms with Gasteiger partial charge in [0.25, 0.3) is 5.91 Å². The number of anilines is 2. The van der Waals surface area contributed by atoms with Crippen LogP contribution in [0.15, 0.2) is 28.6 Å². The number of carbonyl (C=O) groups excluding carboxylic acids is 1. The van der Waals surface area contributed by atoms with E-state index in [4.69, 9.17) is 0 Å². The molecule has 1 amide bonds. The first-order chi connectivity index (χ1) is 11.3. The first-order valence-electron chi connectivity index (χ1n) is 7.13. The van der Waals surface area contributed by atoms with Gasteiger partial charge in [0.05, 0.1) is 11.9 Å². The molecule has 0 spiro atoms. The Morgan fingerprint density at radius 1 is 1.38 bits per heavy atom. The molecule has 0 saturated heterocycles. The second-order valence-corrected chi connectivity index (χ2v) is 9.29. The summed E-state index contributed by atoms with van der Waals surface area (Å²) in [6, 6.07) is 6.39. The minimum Gasteiger partial charge on any atom is -0.296 e. The lowest BCUT2D eigenvalue weighted by atomic mass is 10.2. The van der Waals surface area contributed by atoms with E-state index < -0.39 is 10.0 Å². The molecule has 1 aromatic heterocycles. The Morgan fingerprint density at radius 3 is 2.79 bits per heavy atom. The quantitative estimate of drug-likeness (QED) is 0.581. The van der Waals surface area contributed by atoms with Crippen LogP contribution in [-0.2, 0) is 10.0 Å². The van der Waals surface area contributed by atoms with E-state index in [1.165, 1.54) is 24.5 Å². The maximum atomic E-state index is 12.3. The van der Waals surface area contributed by atoms with E-state index in [1.54, 1.807) is 30.0 Å². The number of nitrogens with one attached hydrogen (secondary N) is 1. The maximum absolute atomic E-state index is 12.3. The van der Waals surface area contributed by atoms with E-state index in [2.05, 4.69) is 22.4 Å². The number of hydrogen-bond donors (Lipinski definition) is 1. The average Bonchev–Trinajstić information content (AvgIpc) is 2.98. The van der Waals surface area contributed by atoms with E-state index >= 15 is 0 Å². The van der Waals surface area contributed by atoms with Gasteiger partial charge in [-0.05, 0) is 24.6 Å². The summed E-state index contributed by atoms with van der Waals surface area (Å²) in [6.45, 7) is 2.08. The number of sulfonamides is 1. The van der Waals surface area contributed by atoms with E-state index in [0.29, 0.717) is 16.4 Å². The largest absolute Gasteiger partial charge is 0.296 e. The predicted octanol–water partition coefficient (Wildman–Crippen LogP) is 2.69. The molecule has 2 rings (SSSR count). The minimum atomic E-state index is -3.38. The van der Waals surface area contributed by atoms with E-state index in [9.17, 15) is 13.2 Å². The molecule has 10 heteroatoms. The summed E-state index contributed by atoms with van der Waals surface area (Å²) in [5.41, 5.74) is 0.766. The highest BCUT2D eigenvalue weighted by Gasteiger charge is 2.15. The Morgan fingerprint density at radius 2 is 2.12 bits per heavy atom. The lowest BCUT2D eigenvalue weighted by molar-refractivity contribution is 0.102. The first kappa shape index (κ1) is 18.7. The molecule has 0 unspecified atom stereocenters. The Balaban J connectivity index is 2.11. The van der Waals surface area contributed by atoms with Crippen LogP contribution in [-0.4, -0.2) is 43.6 Å². The van der Waals surface area contributed by atoms with Crippen LogP contribution in [0.2, 0.25) is 0 Å². The molecular weight excluding hydrogens is 368 g/mol. The van der Waals surface area contributed by atoms with Crippen LogP contribution in [0.5, 0.6) is 0 Å². The topological polar surface area (TPSA) is 92.3 Å². The van der Waals surface area contributed by atoms with E-state index in [1.807, 2.05) is 0 Å². The lowest BCUT2D eigenvalue weighted by Gasteiger charge is -2.17. The summed E-state index contributed by atoms with van der Waals surface area (Å²) in [5, 5.41) is 11.1. The molecule has 0 aliphatic heterocycles. The van der Waals surface area contributed by atoms with E-state index in [-0.39, 0.29) is 5.91 Å². The van der Waals surface area contributed by atoms with Crippen molar-refractivity contribution >= 4 is 49.8 Å². The van der Waals surface area contributed by atoms with Crippen molar-refractivity contribution in [2.45, 2.75) is 17.7 Å². The van der Waals surface area contributed by atoms with Gasteiger partial charge in [-0.15, -0.1) is 10.2 Å². The molecular formula is C14H18N4O3S3. The zero-order valence-corrected chi connectivity index (χ0v) is 16.0. The van der Waals surface area contributed by atoms with Crippen LogP contribution < -0.4 is 9.62 Å². The smallest absolute Gasteiger partial charge is 0.257 e. The van der Waals surface area contributed by atoms with Gasteiger partial charge in [0.2, 0.25) is 15.2 Å². The molecule has 0 radical (unpaired) electrons. The van der Waals surface area contributed by atoms with Gasteiger partial charge < -0.3 is 0 Å². The van der Waals surface area contributed by atoms with Crippen molar-refractivity contribution in [2.24, 2.45) is 0 Å². The maximum Gasteiger partial charge on any atom is 0.257 e. The standard InChI is InChI=1S/C14H18N4O3S3/c1-4-8-22-14-17-16-13(23-14)15-12(19)10-6-5-7-11(9-10)18(2)24(3,20)21/h5-7,9H,4,8H2,1-3H3,(H,15,16,19). The van der Waals surface area contributed by atoms with Gasteiger partial charge in [-0.2, -0.15) is 0 Å². The number of carbonyl (C=O) groups is 1. The fraction of sp³-hybridized carbons (Fsp3) is 0.357. The molecule has 0 bridgehead atoms. The fourth-order valence-corrected chi connectivity index (χ4v) is 3.88. The van der Waals surface area contributed by atoms with Crippen molar-refractivity contribution in [3.8, 4) is 0 Å². The minimum absolute atomic E-state index is 0.348. The molecule has 0 aliphatic carbocycles. The Kier molecular flexibility index (Phi) is 6.19. The summed E-state index contributed by atoms with van der Waals surface area (Å²) >= 11 is 2.91. The number of rotatable bonds is 7. The first-order valence-corrected chi connectivity index (χ1v) is 10.8. The Labute approximate surface area is 149 Å². The molecule has 1 heterocycles. The van der Waals surface area contributed by atoms with Crippen LogP contribution in [0.3, 0.4) is 0 Å². The molecule has 24 heavy (non-hydrogen) atoms. The third kappa shape index (κ3) is 4.92. The van der Waals surface area contributed by atoms with Gasteiger partial charge in [0, 0.05) is 18.4 Å². The summed E-state index contributed by atoms with van der Waals surface area (Å²) in [6.07, 6.45) is 2.14. The fourth-order valence-electron chi connectivity index (χ4n) is 1.71. The Bertz CT molecular complexity index is 820. The second-order valence-electron chi connectivity index (χ2n) is 4.96. The molecule has 0 saturated carbocycles. The van der Waals surface area contributed by atoms with E-state index in [0.717, 1.165) is 27.1 Å². The summed E-state index contributed by atoms with van der Waals surface area (Å²) < 4.78 is 25.1. The zero-order valence-electron chi connectivity index (χ0n) is 13.5. The van der Waals surface area contributed by atoms with Crippen LogP contribution >= 0.6 is 23.1 Å². The zero-order chi connectivity index (χ0) is 17.7. The highest BCUT2D eigenvalue weighted by Crippen LogP contribution is 2.26. The van der Waals surface area contributed by atoms with Crippen LogP contribution in [0.1, 0.15) is 23.7 Å². The van der Waals surface area contributed by atoms with Gasteiger partial charge in [-0.3, -0.25) is 14.4 Å². The second kappa shape index (κ2) is 7.95. The number of nitrogens with zero attached hydrogens (tertiary/aromatic N) is 3. The molecule has 1 aromatic carbocycles. The molecule has 0 fully saturated rings. The number of thioether (sulfide) groups is 1. The third-order valence-corrected chi connectivity index (χ3v) is 6.41. The van der Waals surface area contributed by atoms with Crippen LogP contribution in [0, 0.1) is 0 Å². The predicted molar refractivity (Wildman–Crippen MR) is 98.6 cm³/mol. The highest BCUT2D eigenvalue weighted by atomic mass is 32.2. The number of benzene rings is 1. The van der Waals surface area contributed by atoms with Gasteiger partial charge in [-0.1, -0.05) is 36.1 Å². The Hall–Kier alpha value is -1.65. The molecule has 130 valence electrons. The van der Waals surface area contributed by atoms with Gasteiger partial charge in [0.15, 0.2) is 4.34 Å². The number of hydrogen-bond acceptors (Lipinski definition) is 7. The SMILES string of the molecule is CCCSc1nnc(NC(=O)c2cccc(N(C)S(C)(=O)=O)c2)s1. The van der Waals surface area contributed by atoms with Crippen molar-refractivity contribution in [2.75, 3.05) is 28.7 Å². The third-order valence-electron chi connectivity index (χ3n) is 3.03. The monoisotopic (exact) mass is 386 g/mol. The van der Waals surface area contributed by atoms with Crippen molar-refractivity contribution < 1.29 is 13.2 Å². The van der Waals surface area contributed by atoms with Crippen molar-refractivity contribution in [3.05, 3.63) is 29.8 Å². The van der Waals surface area contributed by atoms with Crippen molar-refractivity contribution in [3.63, 3.8) is 0 Å². The van der Waals surface area contributed by atoms with Crippen LogP contribution in [0.25, 0.3) is 0 Å². The highest BCUT2D eigenvalue weighted by molar-refractivity contribution is 8.01. The lowest BCUT2D eigenvalue weighted by Crippen LogP contribution is -2.25. The summed E-state index contributed by atoms with van der Waals surface area (Å²) in [4.78, 5) is 12.3. The summed E-state index contributed by atoms with van der Waals surface area (Å²) in [7, 11) is -1.95. The van der Waals surface area contributed by atoms with Gasteiger partial charge in [0.1, 0.15) is 0 Å². The molecule has 2 aromatic rings. The summed E-state index contributed by atoms with van der Waals surface area (Å²) in [5.74, 6) is 0.588. The molecule has 7 nitrogen and oxygen atoms in total.